The highest BCUT2D eigenvalue weighted by Gasteiger charge is 2.25. The zero-order chi connectivity index (χ0) is 14.6. The van der Waals surface area contributed by atoms with Crippen LogP contribution in [0, 0.1) is 0 Å². The average Bonchev–Trinajstić information content (AvgIpc) is 2.78. The van der Waals surface area contributed by atoms with Crippen LogP contribution in [0.4, 0.5) is 0 Å². The molecule has 1 aromatic rings. The minimum Gasteiger partial charge on any atom is -0.458 e. The number of amides is 1. The number of rotatable bonds is 4. The predicted molar refractivity (Wildman–Crippen MR) is 68.2 cm³/mol. The molecule has 1 rings (SSSR count). The molecule has 1 unspecified atom stereocenters. The maximum Gasteiger partial charge on any atom is 0.328 e. The molecule has 1 N–H and O–H groups in total. The summed E-state index contributed by atoms with van der Waals surface area (Å²) in [5.41, 5.74) is -0.576. The Balaban J connectivity index is 2.55. The highest BCUT2D eigenvalue weighted by Crippen LogP contribution is 2.09. The van der Waals surface area contributed by atoms with Crippen molar-refractivity contribution in [3.05, 3.63) is 12.7 Å². The Morgan fingerprint density at radius 2 is 1.95 bits per heavy atom. The summed E-state index contributed by atoms with van der Waals surface area (Å²) in [6.45, 7) is 8.58. The Hall–Kier alpha value is -1.92. The van der Waals surface area contributed by atoms with Crippen molar-refractivity contribution in [1.29, 1.82) is 0 Å². The van der Waals surface area contributed by atoms with E-state index in [2.05, 4.69) is 15.4 Å². The van der Waals surface area contributed by atoms with Crippen LogP contribution in [0.1, 0.15) is 40.7 Å². The summed E-state index contributed by atoms with van der Waals surface area (Å²) < 4.78 is 6.60. The van der Waals surface area contributed by atoms with Crippen LogP contribution >= 0.6 is 0 Å². The number of carbonyl (C=O) groups is 2. The van der Waals surface area contributed by atoms with E-state index in [4.69, 9.17) is 4.74 Å². The average molecular weight is 268 g/mol. The van der Waals surface area contributed by atoms with Gasteiger partial charge < -0.3 is 10.1 Å². The van der Waals surface area contributed by atoms with Crippen molar-refractivity contribution in [3.8, 4) is 0 Å². The van der Waals surface area contributed by atoms with Crippen molar-refractivity contribution in [1.82, 2.24) is 20.1 Å². The second-order valence-corrected chi connectivity index (χ2v) is 5.32. The van der Waals surface area contributed by atoms with E-state index in [9.17, 15) is 9.59 Å². The van der Waals surface area contributed by atoms with Crippen LogP contribution in [0.3, 0.4) is 0 Å². The molecule has 19 heavy (non-hydrogen) atoms. The molecule has 1 heterocycles. The number of hydrogen-bond donors (Lipinski definition) is 1. The zero-order valence-electron chi connectivity index (χ0n) is 11.9. The van der Waals surface area contributed by atoms with E-state index >= 15 is 0 Å². The van der Waals surface area contributed by atoms with Gasteiger partial charge in [0.1, 0.15) is 30.3 Å². The number of hydrogen-bond acceptors (Lipinski definition) is 5. The molecule has 7 heteroatoms. The van der Waals surface area contributed by atoms with Crippen LogP contribution < -0.4 is 5.32 Å². The van der Waals surface area contributed by atoms with Crippen LogP contribution in [-0.2, 0) is 14.3 Å². The molecule has 0 aromatic carbocycles. The fraction of sp³-hybridized carbons (Fsp3) is 0.667. The first-order valence-corrected chi connectivity index (χ1v) is 6.08. The lowest BCUT2D eigenvalue weighted by atomic mass is 10.2. The van der Waals surface area contributed by atoms with Gasteiger partial charge in [-0.15, -0.1) is 0 Å². The molecule has 1 amide bonds. The molecule has 0 radical (unpaired) electrons. The molecule has 0 aliphatic rings. The standard InChI is InChI=1S/C12H20N4O3/c1-8(11(18)19-12(3,4)5)15-10(17)9(2)16-7-13-6-14-16/h6-9H,1-5H3,(H,15,17)/t8-,9?/m1/s1. The van der Waals surface area contributed by atoms with E-state index in [1.807, 2.05) is 0 Å². The molecule has 0 fully saturated rings. The monoisotopic (exact) mass is 268 g/mol. The van der Waals surface area contributed by atoms with E-state index in [1.54, 1.807) is 34.6 Å². The first-order chi connectivity index (χ1) is 8.70. The summed E-state index contributed by atoms with van der Waals surface area (Å²) in [5, 5.41) is 6.47. The van der Waals surface area contributed by atoms with Gasteiger partial charge in [0.25, 0.3) is 0 Å². The minimum absolute atomic E-state index is 0.316. The smallest absolute Gasteiger partial charge is 0.328 e. The van der Waals surface area contributed by atoms with Gasteiger partial charge in [-0.25, -0.2) is 14.5 Å². The minimum atomic E-state index is -0.710. The van der Waals surface area contributed by atoms with Gasteiger partial charge in [-0.2, -0.15) is 5.10 Å². The van der Waals surface area contributed by atoms with Gasteiger partial charge in [-0.1, -0.05) is 0 Å². The summed E-state index contributed by atoms with van der Waals surface area (Å²) in [4.78, 5) is 27.4. The van der Waals surface area contributed by atoms with Gasteiger partial charge in [0.05, 0.1) is 0 Å². The Kier molecular flexibility index (Phi) is 4.63. The van der Waals surface area contributed by atoms with Crippen molar-refractivity contribution in [2.75, 3.05) is 0 Å². The maximum absolute atomic E-state index is 11.9. The second-order valence-electron chi connectivity index (χ2n) is 5.32. The lowest BCUT2D eigenvalue weighted by Crippen LogP contribution is -2.44. The fourth-order valence-corrected chi connectivity index (χ4v) is 1.32. The first-order valence-electron chi connectivity index (χ1n) is 6.08. The molecule has 1 aromatic heterocycles. The number of carbonyl (C=O) groups excluding carboxylic acids is 2. The van der Waals surface area contributed by atoms with Crippen LogP contribution in [0.25, 0.3) is 0 Å². The van der Waals surface area contributed by atoms with Crippen molar-refractivity contribution in [2.45, 2.75) is 52.3 Å². The van der Waals surface area contributed by atoms with Crippen LogP contribution in [0.2, 0.25) is 0 Å². The highest BCUT2D eigenvalue weighted by atomic mass is 16.6. The van der Waals surface area contributed by atoms with Gasteiger partial charge in [0, 0.05) is 0 Å². The zero-order valence-corrected chi connectivity index (χ0v) is 11.9. The normalized spacial score (nSPS) is 14.6. The molecule has 0 aliphatic heterocycles. The van der Waals surface area contributed by atoms with Gasteiger partial charge in [0.2, 0.25) is 5.91 Å². The van der Waals surface area contributed by atoms with E-state index in [0.717, 1.165) is 0 Å². The third kappa shape index (κ3) is 4.69. The van der Waals surface area contributed by atoms with Gasteiger partial charge in [0.15, 0.2) is 0 Å². The van der Waals surface area contributed by atoms with Gasteiger partial charge >= 0.3 is 5.97 Å². The number of esters is 1. The molecule has 106 valence electrons. The number of aromatic nitrogens is 3. The van der Waals surface area contributed by atoms with Crippen LogP contribution in [0.5, 0.6) is 0 Å². The van der Waals surface area contributed by atoms with Crippen molar-refractivity contribution < 1.29 is 14.3 Å². The van der Waals surface area contributed by atoms with Crippen molar-refractivity contribution >= 4 is 11.9 Å². The third-order valence-corrected chi connectivity index (χ3v) is 2.33. The summed E-state index contributed by atoms with van der Waals surface area (Å²) in [6, 6.07) is -1.25. The number of ether oxygens (including phenoxy) is 1. The maximum atomic E-state index is 11.9. The Morgan fingerprint density at radius 1 is 1.32 bits per heavy atom. The molecule has 0 saturated heterocycles. The molecule has 0 bridgehead atoms. The third-order valence-electron chi connectivity index (χ3n) is 2.33. The lowest BCUT2D eigenvalue weighted by Gasteiger charge is -2.23. The summed E-state index contributed by atoms with van der Waals surface area (Å²) in [7, 11) is 0. The second kappa shape index (κ2) is 5.81. The molecule has 0 spiro atoms. The molecule has 7 nitrogen and oxygen atoms in total. The Labute approximate surface area is 112 Å². The predicted octanol–water partition coefficient (Wildman–Crippen LogP) is 0.685. The number of nitrogens with zero attached hydrogens (tertiary/aromatic N) is 3. The summed E-state index contributed by atoms with van der Waals surface area (Å²) in [6.07, 6.45) is 2.80. The Morgan fingerprint density at radius 3 is 2.42 bits per heavy atom. The van der Waals surface area contributed by atoms with E-state index < -0.39 is 23.7 Å². The molecular formula is C12H20N4O3. The highest BCUT2D eigenvalue weighted by molar-refractivity contribution is 5.86. The topological polar surface area (TPSA) is 86.1 Å². The van der Waals surface area contributed by atoms with Gasteiger partial charge in [-0.3, -0.25) is 4.79 Å². The largest absolute Gasteiger partial charge is 0.458 e. The summed E-state index contributed by atoms with van der Waals surface area (Å²) >= 11 is 0. The molecular weight excluding hydrogens is 248 g/mol. The van der Waals surface area contributed by atoms with Crippen molar-refractivity contribution in [2.24, 2.45) is 0 Å². The van der Waals surface area contributed by atoms with E-state index in [1.165, 1.54) is 17.3 Å². The lowest BCUT2D eigenvalue weighted by molar-refractivity contribution is -0.158. The van der Waals surface area contributed by atoms with Crippen LogP contribution in [-0.4, -0.2) is 38.3 Å². The van der Waals surface area contributed by atoms with Crippen molar-refractivity contribution in [3.63, 3.8) is 0 Å². The van der Waals surface area contributed by atoms with Gasteiger partial charge in [-0.05, 0) is 34.6 Å². The molecule has 0 aliphatic carbocycles. The van der Waals surface area contributed by atoms with E-state index in [-0.39, 0.29) is 5.91 Å². The summed E-state index contributed by atoms with van der Waals surface area (Å²) in [5.74, 6) is -0.782. The fourth-order valence-electron chi connectivity index (χ4n) is 1.32. The molecule has 0 saturated carbocycles. The first kappa shape index (κ1) is 15.1. The van der Waals surface area contributed by atoms with Crippen LogP contribution in [0.15, 0.2) is 12.7 Å². The number of nitrogens with one attached hydrogen (secondary N) is 1. The van der Waals surface area contributed by atoms with E-state index in [0.29, 0.717) is 0 Å². The quantitative estimate of drug-likeness (QED) is 0.812. The SMILES string of the molecule is CC(C(=O)N[C@H](C)C(=O)OC(C)(C)C)n1cncn1. The Bertz CT molecular complexity index is 436. The molecule has 2 atom stereocenters.